The van der Waals surface area contributed by atoms with Crippen molar-refractivity contribution in [2.45, 2.75) is 19.3 Å². The predicted molar refractivity (Wildman–Crippen MR) is 73.5 cm³/mol. The first-order valence-corrected chi connectivity index (χ1v) is 6.65. The molecule has 3 heteroatoms. The third kappa shape index (κ3) is 3.45. The third-order valence-corrected chi connectivity index (χ3v) is 3.32. The standard InChI is InChI=1S/C14H23N3/c15-8-3-9-16-10-4-11-17-12-7-13-5-1-2-6-14(13)17/h1-2,5-6,16H,3-4,7-12,15H2. The van der Waals surface area contributed by atoms with Crippen LogP contribution < -0.4 is 16.0 Å². The summed E-state index contributed by atoms with van der Waals surface area (Å²) in [7, 11) is 0. The fraction of sp³-hybridized carbons (Fsp3) is 0.571. The van der Waals surface area contributed by atoms with Gasteiger partial charge in [-0.05, 0) is 50.5 Å². The van der Waals surface area contributed by atoms with Gasteiger partial charge in [0.25, 0.3) is 0 Å². The molecule has 0 atom stereocenters. The fourth-order valence-corrected chi connectivity index (χ4v) is 2.39. The van der Waals surface area contributed by atoms with Crippen LogP contribution in [0.4, 0.5) is 5.69 Å². The number of nitrogens with two attached hydrogens (primary N) is 1. The van der Waals surface area contributed by atoms with E-state index in [9.17, 15) is 0 Å². The first kappa shape index (κ1) is 12.4. The Balaban J connectivity index is 1.68. The van der Waals surface area contributed by atoms with Crippen LogP contribution in [0.2, 0.25) is 0 Å². The molecule has 0 aromatic heterocycles. The van der Waals surface area contributed by atoms with Gasteiger partial charge < -0.3 is 16.0 Å². The Morgan fingerprint density at radius 3 is 2.88 bits per heavy atom. The Morgan fingerprint density at radius 1 is 1.18 bits per heavy atom. The monoisotopic (exact) mass is 233 g/mol. The van der Waals surface area contributed by atoms with Crippen LogP contribution in [0.3, 0.4) is 0 Å². The fourth-order valence-electron chi connectivity index (χ4n) is 2.39. The van der Waals surface area contributed by atoms with Crippen molar-refractivity contribution in [1.82, 2.24) is 5.32 Å². The van der Waals surface area contributed by atoms with Crippen LogP contribution in [-0.2, 0) is 6.42 Å². The minimum absolute atomic E-state index is 0.784. The summed E-state index contributed by atoms with van der Waals surface area (Å²) < 4.78 is 0. The summed E-state index contributed by atoms with van der Waals surface area (Å²) in [5.74, 6) is 0. The molecule has 0 bridgehead atoms. The first-order chi connectivity index (χ1) is 8.42. The van der Waals surface area contributed by atoms with Crippen molar-refractivity contribution in [3.05, 3.63) is 29.8 Å². The first-order valence-electron chi connectivity index (χ1n) is 6.65. The summed E-state index contributed by atoms with van der Waals surface area (Å²) in [5.41, 5.74) is 8.39. The van der Waals surface area contributed by atoms with Gasteiger partial charge in [0, 0.05) is 18.8 Å². The van der Waals surface area contributed by atoms with E-state index in [0.29, 0.717) is 0 Å². The van der Waals surface area contributed by atoms with Crippen LogP contribution in [0, 0.1) is 0 Å². The van der Waals surface area contributed by atoms with Crippen molar-refractivity contribution in [1.29, 1.82) is 0 Å². The average molecular weight is 233 g/mol. The number of nitrogens with one attached hydrogen (secondary N) is 1. The van der Waals surface area contributed by atoms with Crippen LogP contribution >= 0.6 is 0 Å². The van der Waals surface area contributed by atoms with E-state index >= 15 is 0 Å². The number of anilines is 1. The van der Waals surface area contributed by atoms with Crippen molar-refractivity contribution < 1.29 is 0 Å². The van der Waals surface area contributed by atoms with E-state index in [-0.39, 0.29) is 0 Å². The molecule has 3 N–H and O–H groups in total. The molecule has 0 saturated carbocycles. The zero-order valence-electron chi connectivity index (χ0n) is 10.5. The number of rotatable bonds is 7. The van der Waals surface area contributed by atoms with Gasteiger partial charge in [0.2, 0.25) is 0 Å². The van der Waals surface area contributed by atoms with Gasteiger partial charge >= 0.3 is 0 Å². The average Bonchev–Trinajstić information content (AvgIpc) is 2.77. The molecule has 0 aliphatic carbocycles. The maximum absolute atomic E-state index is 5.45. The summed E-state index contributed by atoms with van der Waals surface area (Å²) in [6.07, 6.45) is 3.49. The lowest BCUT2D eigenvalue weighted by molar-refractivity contribution is 0.620. The van der Waals surface area contributed by atoms with E-state index in [0.717, 1.165) is 32.6 Å². The summed E-state index contributed by atoms with van der Waals surface area (Å²) in [4.78, 5) is 2.50. The van der Waals surface area contributed by atoms with Crippen molar-refractivity contribution in [2.24, 2.45) is 5.73 Å². The molecule has 0 fully saturated rings. The van der Waals surface area contributed by atoms with Crippen LogP contribution in [-0.4, -0.2) is 32.7 Å². The van der Waals surface area contributed by atoms with E-state index < -0.39 is 0 Å². The van der Waals surface area contributed by atoms with Gasteiger partial charge in [0.1, 0.15) is 0 Å². The molecule has 1 aromatic rings. The molecule has 17 heavy (non-hydrogen) atoms. The quantitative estimate of drug-likeness (QED) is 0.699. The third-order valence-electron chi connectivity index (χ3n) is 3.32. The lowest BCUT2D eigenvalue weighted by Gasteiger charge is -2.19. The summed E-state index contributed by atoms with van der Waals surface area (Å²) in [6, 6.07) is 8.76. The van der Waals surface area contributed by atoms with E-state index in [1.807, 2.05) is 0 Å². The maximum Gasteiger partial charge on any atom is 0.0399 e. The molecule has 0 amide bonds. The molecule has 1 heterocycles. The predicted octanol–water partition coefficient (Wildman–Crippen LogP) is 1.38. The molecule has 0 radical (unpaired) electrons. The maximum atomic E-state index is 5.45. The van der Waals surface area contributed by atoms with Crippen molar-refractivity contribution in [2.75, 3.05) is 37.6 Å². The molecule has 0 unspecified atom stereocenters. The molecule has 0 saturated heterocycles. The second kappa shape index (κ2) is 6.62. The Bertz CT molecular complexity index is 338. The summed E-state index contributed by atoms with van der Waals surface area (Å²) in [5, 5.41) is 3.43. The van der Waals surface area contributed by atoms with Crippen LogP contribution in [0.15, 0.2) is 24.3 Å². The van der Waals surface area contributed by atoms with Gasteiger partial charge in [-0.2, -0.15) is 0 Å². The molecule has 1 aliphatic rings. The topological polar surface area (TPSA) is 41.3 Å². The zero-order valence-corrected chi connectivity index (χ0v) is 10.5. The van der Waals surface area contributed by atoms with Gasteiger partial charge in [-0.25, -0.2) is 0 Å². The van der Waals surface area contributed by atoms with Crippen molar-refractivity contribution in [3.63, 3.8) is 0 Å². The van der Waals surface area contributed by atoms with Crippen molar-refractivity contribution in [3.8, 4) is 0 Å². The molecule has 94 valence electrons. The van der Waals surface area contributed by atoms with E-state index in [2.05, 4.69) is 34.5 Å². The van der Waals surface area contributed by atoms with Gasteiger partial charge in [0.15, 0.2) is 0 Å². The van der Waals surface area contributed by atoms with Gasteiger partial charge in [-0.15, -0.1) is 0 Å². The Kier molecular flexibility index (Phi) is 4.83. The van der Waals surface area contributed by atoms with Crippen LogP contribution in [0.1, 0.15) is 18.4 Å². The molecule has 3 nitrogen and oxygen atoms in total. The van der Waals surface area contributed by atoms with Gasteiger partial charge in [0.05, 0.1) is 0 Å². The highest BCUT2D eigenvalue weighted by Gasteiger charge is 2.16. The molecular weight excluding hydrogens is 210 g/mol. The summed E-state index contributed by atoms with van der Waals surface area (Å²) in [6.45, 7) is 5.27. The minimum Gasteiger partial charge on any atom is -0.371 e. The normalized spacial score (nSPS) is 14.1. The zero-order chi connectivity index (χ0) is 11.9. The second-order valence-corrected chi connectivity index (χ2v) is 4.61. The lowest BCUT2D eigenvalue weighted by Crippen LogP contribution is -2.26. The lowest BCUT2D eigenvalue weighted by atomic mass is 10.2. The molecule has 1 aromatic carbocycles. The Labute approximate surface area is 104 Å². The number of hydrogen-bond donors (Lipinski definition) is 2. The Morgan fingerprint density at radius 2 is 2.00 bits per heavy atom. The molecule has 1 aliphatic heterocycles. The molecule has 0 spiro atoms. The number of hydrogen-bond acceptors (Lipinski definition) is 3. The largest absolute Gasteiger partial charge is 0.371 e. The van der Waals surface area contributed by atoms with E-state index in [1.165, 1.54) is 30.6 Å². The van der Waals surface area contributed by atoms with E-state index in [4.69, 9.17) is 5.73 Å². The number of para-hydroxylation sites is 1. The number of benzene rings is 1. The summed E-state index contributed by atoms with van der Waals surface area (Å²) >= 11 is 0. The Hall–Kier alpha value is -1.06. The number of nitrogens with zero attached hydrogens (tertiary/aromatic N) is 1. The van der Waals surface area contributed by atoms with E-state index in [1.54, 1.807) is 0 Å². The highest BCUT2D eigenvalue weighted by atomic mass is 15.1. The highest BCUT2D eigenvalue weighted by molar-refractivity contribution is 5.57. The second-order valence-electron chi connectivity index (χ2n) is 4.61. The minimum atomic E-state index is 0.784. The SMILES string of the molecule is NCCCNCCCN1CCc2ccccc21. The smallest absolute Gasteiger partial charge is 0.0399 e. The van der Waals surface area contributed by atoms with Crippen molar-refractivity contribution >= 4 is 5.69 Å². The van der Waals surface area contributed by atoms with Gasteiger partial charge in [-0.3, -0.25) is 0 Å². The van der Waals surface area contributed by atoms with Crippen LogP contribution in [0.5, 0.6) is 0 Å². The highest BCUT2D eigenvalue weighted by Crippen LogP contribution is 2.26. The molecular formula is C14H23N3. The number of fused-ring (bicyclic) bond motifs is 1. The molecule has 2 rings (SSSR count). The van der Waals surface area contributed by atoms with Crippen LogP contribution in [0.25, 0.3) is 0 Å². The van der Waals surface area contributed by atoms with Gasteiger partial charge in [-0.1, -0.05) is 18.2 Å².